The highest BCUT2D eigenvalue weighted by Gasteiger charge is 2.19. The number of nitrogens with one attached hydrogen (secondary N) is 1. The van der Waals surface area contributed by atoms with Crippen molar-refractivity contribution in [1.29, 1.82) is 0 Å². The molecule has 1 aromatic heterocycles. The van der Waals surface area contributed by atoms with E-state index < -0.39 is 0 Å². The highest BCUT2D eigenvalue weighted by atomic mass is 16.5. The van der Waals surface area contributed by atoms with Gasteiger partial charge in [-0.3, -0.25) is 4.90 Å². The van der Waals surface area contributed by atoms with Crippen molar-refractivity contribution in [2.24, 2.45) is 0 Å². The average molecular weight is 252 g/mol. The zero-order valence-electron chi connectivity index (χ0n) is 11.6. The monoisotopic (exact) mass is 252 g/mol. The summed E-state index contributed by atoms with van der Waals surface area (Å²) in [5.74, 6) is 1.87. The minimum atomic E-state index is 0.328. The molecule has 1 saturated heterocycles. The average Bonchev–Trinajstić information content (AvgIpc) is 2.99. The van der Waals surface area contributed by atoms with E-state index in [1.165, 1.54) is 12.8 Å². The van der Waals surface area contributed by atoms with Gasteiger partial charge in [0.1, 0.15) is 0 Å². The van der Waals surface area contributed by atoms with E-state index in [9.17, 15) is 0 Å². The molecule has 1 aliphatic heterocycles. The van der Waals surface area contributed by atoms with Crippen molar-refractivity contribution in [1.82, 2.24) is 20.4 Å². The Morgan fingerprint density at radius 3 is 2.89 bits per heavy atom. The fourth-order valence-corrected chi connectivity index (χ4v) is 2.29. The summed E-state index contributed by atoms with van der Waals surface area (Å²) in [6.45, 7) is 10.3. The lowest BCUT2D eigenvalue weighted by molar-refractivity contribution is 0.218. The van der Waals surface area contributed by atoms with Crippen LogP contribution in [-0.4, -0.2) is 40.7 Å². The maximum absolute atomic E-state index is 5.30. The largest absolute Gasteiger partial charge is 0.338 e. The van der Waals surface area contributed by atoms with Gasteiger partial charge in [-0.25, -0.2) is 0 Å². The molecular weight excluding hydrogens is 228 g/mol. The van der Waals surface area contributed by atoms with Gasteiger partial charge in [0, 0.05) is 18.5 Å². The van der Waals surface area contributed by atoms with E-state index in [-0.39, 0.29) is 0 Å². The quantitative estimate of drug-likeness (QED) is 0.836. The number of rotatable bonds is 6. The molecule has 2 heterocycles. The second kappa shape index (κ2) is 6.29. The smallest absolute Gasteiger partial charge is 0.240 e. The van der Waals surface area contributed by atoms with Crippen LogP contribution in [0.25, 0.3) is 0 Å². The van der Waals surface area contributed by atoms with Crippen LogP contribution >= 0.6 is 0 Å². The van der Waals surface area contributed by atoms with Crippen molar-refractivity contribution < 1.29 is 4.52 Å². The van der Waals surface area contributed by atoms with E-state index >= 15 is 0 Å². The molecule has 1 aliphatic rings. The third kappa shape index (κ3) is 3.53. The van der Waals surface area contributed by atoms with Crippen molar-refractivity contribution in [3.8, 4) is 0 Å². The third-order valence-electron chi connectivity index (χ3n) is 3.45. The highest BCUT2D eigenvalue weighted by Crippen LogP contribution is 2.12. The summed E-state index contributed by atoms with van der Waals surface area (Å²) < 4.78 is 5.30. The van der Waals surface area contributed by atoms with Gasteiger partial charge >= 0.3 is 0 Å². The number of nitrogens with zero attached hydrogens (tertiary/aromatic N) is 3. The van der Waals surface area contributed by atoms with Gasteiger partial charge < -0.3 is 9.84 Å². The Kier molecular flexibility index (Phi) is 4.72. The molecule has 0 spiro atoms. The Morgan fingerprint density at radius 1 is 1.50 bits per heavy atom. The van der Waals surface area contributed by atoms with E-state index in [0.717, 1.165) is 37.9 Å². The fourth-order valence-electron chi connectivity index (χ4n) is 2.29. The van der Waals surface area contributed by atoms with Gasteiger partial charge in [-0.2, -0.15) is 4.98 Å². The standard InChI is InChI=1S/C13H24N4O/c1-4-17(8-11-6-5-7-14-11)9-12-15-13(10(2)3)16-18-12/h10-11,14H,4-9H2,1-3H3. The van der Waals surface area contributed by atoms with Crippen molar-refractivity contribution in [2.75, 3.05) is 19.6 Å². The maximum Gasteiger partial charge on any atom is 0.240 e. The minimum Gasteiger partial charge on any atom is -0.338 e. The zero-order chi connectivity index (χ0) is 13.0. The Bertz CT molecular complexity index is 358. The van der Waals surface area contributed by atoms with Gasteiger partial charge in [-0.15, -0.1) is 0 Å². The molecule has 18 heavy (non-hydrogen) atoms. The van der Waals surface area contributed by atoms with Crippen LogP contribution in [0, 0.1) is 0 Å². The van der Waals surface area contributed by atoms with Gasteiger partial charge in [0.15, 0.2) is 5.82 Å². The number of hydrogen-bond donors (Lipinski definition) is 1. The van der Waals surface area contributed by atoms with Crippen LogP contribution < -0.4 is 5.32 Å². The molecule has 0 radical (unpaired) electrons. The van der Waals surface area contributed by atoms with Gasteiger partial charge in [0.25, 0.3) is 0 Å². The molecule has 0 bridgehead atoms. The second-order valence-electron chi connectivity index (χ2n) is 5.32. The molecule has 0 aromatic carbocycles. The summed E-state index contributed by atoms with van der Waals surface area (Å²) in [5, 5.41) is 7.53. The van der Waals surface area contributed by atoms with Crippen LogP contribution in [0.5, 0.6) is 0 Å². The summed E-state index contributed by atoms with van der Waals surface area (Å²) in [6.07, 6.45) is 2.57. The van der Waals surface area contributed by atoms with E-state index in [2.05, 4.69) is 41.1 Å². The predicted molar refractivity (Wildman–Crippen MR) is 70.4 cm³/mol. The predicted octanol–water partition coefficient (Wildman–Crippen LogP) is 1.77. The van der Waals surface area contributed by atoms with E-state index in [4.69, 9.17) is 4.52 Å². The van der Waals surface area contributed by atoms with Crippen molar-refractivity contribution in [3.05, 3.63) is 11.7 Å². The molecule has 0 aliphatic carbocycles. The molecule has 1 aromatic rings. The first-order chi connectivity index (χ1) is 8.69. The Balaban J connectivity index is 1.88. The third-order valence-corrected chi connectivity index (χ3v) is 3.45. The van der Waals surface area contributed by atoms with Crippen LogP contribution in [0.4, 0.5) is 0 Å². The zero-order valence-corrected chi connectivity index (χ0v) is 11.6. The van der Waals surface area contributed by atoms with Gasteiger partial charge in [0.05, 0.1) is 6.54 Å². The second-order valence-corrected chi connectivity index (χ2v) is 5.32. The maximum atomic E-state index is 5.30. The number of likely N-dealkylation sites (N-methyl/N-ethyl adjacent to an activating group) is 1. The molecule has 5 nitrogen and oxygen atoms in total. The van der Waals surface area contributed by atoms with E-state index in [1.54, 1.807) is 0 Å². The fraction of sp³-hybridized carbons (Fsp3) is 0.846. The molecule has 102 valence electrons. The Morgan fingerprint density at radius 2 is 2.33 bits per heavy atom. The topological polar surface area (TPSA) is 54.2 Å². The van der Waals surface area contributed by atoms with Crippen molar-refractivity contribution >= 4 is 0 Å². The molecule has 2 rings (SSSR count). The molecule has 0 saturated carbocycles. The highest BCUT2D eigenvalue weighted by molar-refractivity contribution is 4.92. The lowest BCUT2D eigenvalue weighted by Gasteiger charge is -2.22. The summed E-state index contributed by atoms with van der Waals surface area (Å²) in [5.41, 5.74) is 0. The molecule has 1 fully saturated rings. The first-order valence-electron chi connectivity index (χ1n) is 6.97. The molecule has 1 N–H and O–H groups in total. The van der Waals surface area contributed by atoms with Crippen LogP contribution in [0.2, 0.25) is 0 Å². The summed E-state index contributed by atoms with van der Waals surface area (Å²) in [6, 6.07) is 0.623. The number of aromatic nitrogens is 2. The van der Waals surface area contributed by atoms with Crippen LogP contribution in [-0.2, 0) is 6.54 Å². The van der Waals surface area contributed by atoms with Gasteiger partial charge in [-0.05, 0) is 25.9 Å². The van der Waals surface area contributed by atoms with Crippen LogP contribution in [0.1, 0.15) is 51.2 Å². The lowest BCUT2D eigenvalue weighted by atomic mass is 10.2. The summed E-state index contributed by atoms with van der Waals surface area (Å²) in [4.78, 5) is 6.79. The SMILES string of the molecule is CCN(Cc1nc(C(C)C)no1)CC1CCCN1. The van der Waals surface area contributed by atoms with Crippen LogP contribution in [0.15, 0.2) is 4.52 Å². The molecular formula is C13H24N4O. The molecule has 1 unspecified atom stereocenters. The first-order valence-corrected chi connectivity index (χ1v) is 6.97. The molecule has 1 atom stereocenters. The first kappa shape index (κ1) is 13.5. The normalized spacial score (nSPS) is 20.2. The summed E-state index contributed by atoms with van der Waals surface area (Å²) >= 11 is 0. The van der Waals surface area contributed by atoms with Crippen LogP contribution in [0.3, 0.4) is 0 Å². The molecule has 0 amide bonds. The van der Waals surface area contributed by atoms with E-state index in [0.29, 0.717) is 12.0 Å². The summed E-state index contributed by atoms with van der Waals surface area (Å²) in [7, 11) is 0. The Labute approximate surface area is 109 Å². The van der Waals surface area contributed by atoms with Crippen molar-refractivity contribution in [3.63, 3.8) is 0 Å². The molecule has 5 heteroatoms. The minimum absolute atomic E-state index is 0.328. The van der Waals surface area contributed by atoms with E-state index in [1.807, 2.05) is 0 Å². The lowest BCUT2D eigenvalue weighted by Crippen LogP contribution is -2.37. The Hall–Kier alpha value is -0.940. The van der Waals surface area contributed by atoms with Gasteiger partial charge in [-0.1, -0.05) is 25.9 Å². The van der Waals surface area contributed by atoms with Gasteiger partial charge in [0.2, 0.25) is 5.89 Å². The number of hydrogen-bond acceptors (Lipinski definition) is 5. The van der Waals surface area contributed by atoms with Crippen molar-refractivity contribution in [2.45, 2.75) is 52.1 Å².